The van der Waals surface area contributed by atoms with E-state index in [-0.39, 0.29) is 24.0 Å². The zero-order valence-corrected chi connectivity index (χ0v) is 16.6. The maximum absolute atomic E-state index is 6.19. The van der Waals surface area contributed by atoms with Gasteiger partial charge in [-0.3, -0.25) is 0 Å². The fourth-order valence-electron chi connectivity index (χ4n) is 1.63. The van der Waals surface area contributed by atoms with Crippen LogP contribution in [0.4, 0.5) is 0 Å². The fraction of sp³-hybridized carbons (Fsp3) is 0. The first-order chi connectivity index (χ1) is 10.4. The summed E-state index contributed by atoms with van der Waals surface area (Å²) in [6.45, 7) is -0.728. The first kappa shape index (κ1) is 14.5. The van der Waals surface area contributed by atoms with Crippen LogP contribution in [-0.4, -0.2) is 0 Å². The van der Waals surface area contributed by atoms with E-state index in [1.807, 2.05) is 36.4 Å². The third kappa shape index (κ3) is 3.31. The number of fused-ring (bicyclic) bond motifs is 2. The smallest absolute Gasteiger partial charge is 0.173 e. The Bertz CT molecular complexity index is 786. The van der Waals surface area contributed by atoms with E-state index >= 15 is 0 Å². The van der Waals surface area contributed by atoms with Gasteiger partial charge in [-0.1, -0.05) is 46.9 Å². The summed E-state index contributed by atoms with van der Waals surface area (Å²) in [4.78, 5) is 0. The SMILES string of the molecule is c1ccc(Op2sp3sp2sp3Oc2ccccc2)cc1. The molecule has 0 amide bonds. The highest BCUT2D eigenvalue weighted by Crippen LogP contribution is 2.80. The van der Waals surface area contributed by atoms with E-state index in [0.717, 1.165) is 11.5 Å². The van der Waals surface area contributed by atoms with Crippen LogP contribution in [0.3, 0.4) is 0 Å². The highest BCUT2D eigenvalue weighted by atomic mass is 33.4. The van der Waals surface area contributed by atoms with Crippen LogP contribution in [0.1, 0.15) is 0 Å². The van der Waals surface area contributed by atoms with Crippen molar-refractivity contribution in [2.45, 2.75) is 0 Å². The van der Waals surface area contributed by atoms with Crippen molar-refractivity contribution in [1.82, 2.24) is 0 Å². The lowest BCUT2D eigenvalue weighted by molar-refractivity contribution is 0.640. The Hall–Kier alpha value is -0.100. The zero-order valence-electron chi connectivity index (χ0n) is 10.6. The van der Waals surface area contributed by atoms with Crippen molar-refractivity contribution in [2.75, 3.05) is 0 Å². The highest BCUT2D eigenvalue weighted by molar-refractivity contribution is 8.79. The van der Waals surface area contributed by atoms with Crippen LogP contribution in [-0.2, 0) is 0 Å². The molecular formula is C12H10O2P4S3. The summed E-state index contributed by atoms with van der Waals surface area (Å²) in [7, 11) is 6.28. The maximum Gasteiger partial charge on any atom is 0.173 e. The van der Waals surface area contributed by atoms with Gasteiger partial charge in [-0.25, -0.2) is 0 Å². The van der Waals surface area contributed by atoms with Crippen LogP contribution in [0.2, 0.25) is 0 Å². The number of para-hydroxylation sites is 2. The van der Waals surface area contributed by atoms with Gasteiger partial charge >= 0.3 is 0 Å². The number of hydrogen-bond acceptors (Lipinski definition) is 5. The summed E-state index contributed by atoms with van der Waals surface area (Å²) < 4.78 is 12.4. The van der Waals surface area contributed by atoms with Gasteiger partial charge in [-0.2, -0.15) is 0 Å². The van der Waals surface area contributed by atoms with E-state index < -0.39 is 0 Å². The van der Waals surface area contributed by atoms with Crippen LogP contribution >= 0.6 is 55.6 Å². The van der Waals surface area contributed by atoms with Gasteiger partial charge in [0, 0.05) is 0 Å². The highest BCUT2D eigenvalue weighted by Gasteiger charge is 2.15. The zero-order chi connectivity index (χ0) is 14.1. The largest absolute Gasteiger partial charge is 0.431 e. The van der Waals surface area contributed by atoms with Gasteiger partial charge in [0.15, 0.2) is 13.2 Å². The van der Waals surface area contributed by atoms with Crippen molar-refractivity contribution in [1.29, 1.82) is 0 Å². The fourth-order valence-corrected chi connectivity index (χ4v) is 80.9. The molecule has 0 aliphatic carbocycles. The van der Waals surface area contributed by atoms with Crippen molar-refractivity contribution in [3.05, 3.63) is 60.7 Å². The topological polar surface area (TPSA) is 18.5 Å². The Morgan fingerprint density at radius 3 is 1.38 bits per heavy atom. The first-order valence-corrected chi connectivity index (χ1v) is 18.8. The molecule has 2 nitrogen and oxygen atoms in total. The van der Waals surface area contributed by atoms with E-state index in [9.17, 15) is 0 Å². The Kier molecular flexibility index (Phi) is 4.53. The monoisotopic (exact) mass is 406 g/mol. The van der Waals surface area contributed by atoms with Gasteiger partial charge in [0.05, 0.1) is 10.7 Å². The molecule has 0 fully saturated rings. The predicted molar refractivity (Wildman–Crippen MR) is 102 cm³/mol. The molecule has 2 aromatic carbocycles. The van der Waals surface area contributed by atoms with Gasteiger partial charge in [0.2, 0.25) is 0 Å². The first-order valence-electron chi connectivity index (χ1n) is 6.09. The Morgan fingerprint density at radius 1 is 0.571 bits per heavy atom. The molecule has 0 spiro atoms. The molecule has 2 heterocycles. The third-order valence-corrected chi connectivity index (χ3v) is 48.3. The summed E-state index contributed by atoms with van der Waals surface area (Å²) in [6.07, 6.45) is 0. The lowest BCUT2D eigenvalue weighted by Gasteiger charge is -2.05. The number of hydrogen-bond donors (Lipinski definition) is 0. The lowest BCUT2D eigenvalue weighted by atomic mass is 10.3. The van der Waals surface area contributed by atoms with Gasteiger partial charge in [0.25, 0.3) is 0 Å². The second-order valence-corrected chi connectivity index (χ2v) is 29.9. The molecule has 0 saturated carbocycles. The maximum atomic E-state index is 6.19. The molecule has 4 aromatic rings. The van der Waals surface area contributed by atoms with Gasteiger partial charge < -0.3 is 9.05 Å². The minimum absolute atomic E-state index is 0.120. The van der Waals surface area contributed by atoms with E-state index in [2.05, 4.69) is 55.9 Å². The molecule has 0 N–H and O–H groups in total. The minimum atomic E-state index is -0.364. The molecular weight excluding hydrogens is 396 g/mol. The van der Waals surface area contributed by atoms with Gasteiger partial charge in [-0.15, -0.1) is 0 Å². The molecule has 2 aromatic heterocycles. The molecule has 0 radical (unpaired) electrons. The van der Waals surface area contributed by atoms with Crippen LogP contribution in [0.15, 0.2) is 60.7 Å². The molecule has 9 heteroatoms. The van der Waals surface area contributed by atoms with Crippen LogP contribution in [0, 0.1) is 0 Å². The molecule has 4 unspecified atom stereocenters. The standard InChI is InChI=1S/C12H10O2P4S3/c1-3-7-11(8-4-1)13-15-17-20-16(18(19-15)21-17)14-12-9-5-2-6-10-12/h1-10H. The summed E-state index contributed by atoms with van der Waals surface area (Å²) >= 11 is 0. The van der Waals surface area contributed by atoms with Crippen molar-refractivity contribution < 1.29 is 9.05 Å². The molecule has 0 saturated heterocycles. The van der Waals surface area contributed by atoms with Crippen LogP contribution in [0.5, 0.6) is 11.5 Å². The van der Waals surface area contributed by atoms with Crippen LogP contribution in [0.25, 0.3) is 0 Å². The van der Waals surface area contributed by atoms with Crippen molar-refractivity contribution in [2.24, 2.45) is 0 Å². The average Bonchev–Trinajstić information content (AvgIpc) is 3.09. The molecule has 0 aliphatic heterocycles. The lowest BCUT2D eigenvalue weighted by Crippen LogP contribution is -1.74. The van der Waals surface area contributed by atoms with Crippen molar-refractivity contribution in [3.8, 4) is 11.5 Å². The minimum Gasteiger partial charge on any atom is -0.431 e. The average molecular weight is 406 g/mol. The molecule has 0 aliphatic rings. The van der Waals surface area contributed by atoms with Crippen molar-refractivity contribution >= 4 is 55.6 Å². The Balaban J connectivity index is 1.58. The third-order valence-electron chi connectivity index (χ3n) is 2.54. The molecule has 4 rings (SSSR count). The normalized spacial score (nSPS) is 14.3. The van der Waals surface area contributed by atoms with Crippen LogP contribution < -0.4 is 9.05 Å². The summed E-state index contributed by atoms with van der Waals surface area (Å²) in [5, 5.41) is -0.240. The molecule has 2 bridgehead atoms. The molecule has 21 heavy (non-hydrogen) atoms. The van der Waals surface area contributed by atoms with E-state index in [0.29, 0.717) is 0 Å². The van der Waals surface area contributed by atoms with Crippen molar-refractivity contribution in [3.63, 3.8) is 0 Å². The van der Waals surface area contributed by atoms with E-state index in [1.54, 1.807) is 0 Å². The number of rotatable bonds is 4. The second-order valence-electron chi connectivity index (χ2n) is 4.00. The predicted octanol–water partition coefficient (Wildman–Crippen LogP) is 8.38. The summed E-state index contributed by atoms with van der Waals surface area (Å²) in [5.74, 6) is 2.02. The Labute approximate surface area is 136 Å². The molecule has 4 atom stereocenters. The quantitative estimate of drug-likeness (QED) is 0.339. The molecule has 108 valence electrons. The van der Waals surface area contributed by atoms with E-state index in [1.165, 1.54) is 0 Å². The van der Waals surface area contributed by atoms with Gasteiger partial charge in [0.1, 0.15) is 11.5 Å². The Morgan fingerprint density at radius 2 is 1.00 bits per heavy atom. The second kappa shape index (κ2) is 6.57. The van der Waals surface area contributed by atoms with E-state index in [4.69, 9.17) is 9.05 Å². The summed E-state index contributed by atoms with van der Waals surface area (Å²) in [6, 6.07) is 20.4. The van der Waals surface area contributed by atoms with Gasteiger partial charge in [-0.05, 0) is 45.4 Å². The number of benzene rings is 2. The summed E-state index contributed by atoms with van der Waals surface area (Å²) in [5.41, 5.74) is 0.